The number of amides is 2. The van der Waals surface area contributed by atoms with Crippen LogP contribution in [0.25, 0.3) is 0 Å². The van der Waals surface area contributed by atoms with Gasteiger partial charge in [0.1, 0.15) is 6.04 Å². The molecule has 0 aromatic heterocycles. The number of anilines is 1. The second-order valence-electron chi connectivity index (χ2n) is 10.4. The average molecular weight is 465 g/mol. The van der Waals surface area contributed by atoms with Crippen molar-refractivity contribution in [1.29, 1.82) is 5.26 Å². The number of benzene rings is 1. The molecule has 0 bridgehead atoms. The number of nitrogens with zero attached hydrogens (tertiary/aromatic N) is 3. The number of nitrogens with one attached hydrogen (secondary N) is 1. The Labute approximate surface area is 192 Å². The number of likely N-dealkylation sites (tertiary alicyclic amines) is 1. The lowest BCUT2D eigenvalue weighted by Crippen LogP contribution is -2.46. The highest BCUT2D eigenvalue weighted by molar-refractivity contribution is 5.88. The molecule has 1 atom stereocenters. The van der Waals surface area contributed by atoms with Gasteiger partial charge in [-0.05, 0) is 48.3 Å². The normalized spacial score (nSPS) is 20.6. The minimum atomic E-state index is -4.60. The van der Waals surface area contributed by atoms with Gasteiger partial charge >= 0.3 is 6.18 Å². The van der Waals surface area contributed by atoms with E-state index in [0.29, 0.717) is 51.0 Å². The molecule has 2 fully saturated rings. The van der Waals surface area contributed by atoms with Gasteiger partial charge in [-0.1, -0.05) is 20.8 Å². The average Bonchev–Trinajstić information content (AvgIpc) is 3.11. The van der Waals surface area contributed by atoms with Gasteiger partial charge in [-0.2, -0.15) is 18.4 Å². The van der Waals surface area contributed by atoms with E-state index in [9.17, 15) is 22.8 Å². The molecule has 1 aromatic carbocycles. The smallest absolute Gasteiger partial charge is 0.371 e. The number of hydrogen-bond donors (Lipinski definition) is 1. The maximum absolute atomic E-state index is 13.4. The van der Waals surface area contributed by atoms with Gasteiger partial charge in [0.05, 0.1) is 17.2 Å². The highest BCUT2D eigenvalue weighted by Crippen LogP contribution is 2.45. The zero-order valence-electron chi connectivity index (χ0n) is 19.6. The van der Waals surface area contributed by atoms with Gasteiger partial charge < -0.3 is 15.1 Å². The van der Waals surface area contributed by atoms with Gasteiger partial charge in [-0.15, -0.1) is 0 Å². The van der Waals surface area contributed by atoms with E-state index in [2.05, 4.69) is 5.32 Å². The van der Waals surface area contributed by atoms with Crippen molar-refractivity contribution < 1.29 is 22.8 Å². The molecule has 1 aromatic rings. The third-order valence-corrected chi connectivity index (χ3v) is 6.68. The van der Waals surface area contributed by atoms with Crippen LogP contribution in [0.15, 0.2) is 18.2 Å². The lowest BCUT2D eigenvalue weighted by Gasteiger charge is -2.40. The van der Waals surface area contributed by atoms with Crippen LogP contribution in [0.1, 0.15) is 57.6 Å². The maximum atomic E-state index is 13.4. The predicted molar refractivity (Wildman–Crippen MR) is 118 cm³/mol. The van der Waals surface area contributed by atoms with Crippen molar-refractivity contribution in [2.24, 2.45) is 10.8 Å². The van der Waals surface area contributed by atoms with Gasteiger partial charge in [0.15, 0.2) is 0 Å². The number of hydrogen-bond acceptors (Lipinski definition) is 4. The van der Waals surface area contributed by atoms with E-state index in [1.165, 1.54) is 6.07 Å². The molecule has 3 rings (SSSR count). The lowest BCUT2D eigenvalue weighted by molar-refractivity contribution is -0.139. The third-order valence-electron chi connectivity index (χ3n) is 6.68. The largest absolute Gasteiger partial charge is 0.417 e. The molecular formula is C24H31F3N4O2. The molecule has 2 heterocycles. The number of nitriles is 1. The third kappa shape index (κ3) is 5.43. The Morgan fingerprint density at radius 2 is 1.85 bits per heavy atom. The van der Waals surface area contributed by atoms with E-state index in [0.717, 1.165) is 6.07 Å². The van der Waals surface area contributed by atoms with Crippen LogP contribution in [-0.4, -0.2) is 49.4 Å². The molecular weight excluding hydrogens is 433 g/mol. The summed E-state index contributed by atoms with van der Waals surface area (Å²) in [7, 11) is 1.56. The first kappa shape index (κ1) is 24.9. The summed E-state index contributed by atoms with van der Waals surface area (Å²) in [6.45, 7) is 7.47. The molecule has 0 saturated carbocycles. The van der Waals surface area contributed by atoms with Crippen LogP contribution < -0.4 is 10.2 Å². The zero-order chi connectivity index (χ0) is 24.6. The van der Waals surface area contributed by atoms with Gasteiger partial charge in [0.25, 0.3) is 0 Å². The number of carbonyl (C=O) groups is 2. The quantitative estimate of drug-likeness (QED) is 0.735. The predicted octanol–water partition coefficient (Wildman–Crippen LogP) is 3.95. The molecule has 6 nitrogen and oxygen atoms in total. The second-order valence-corrected chi connectivity index (χ2v) is 10.4. The molecule has 33 heavy (non-hydrogen) atoms. The first-order chi connectivity index (χ1) is 15.3. The Bertz CT molecular complexity index is 954. The summed E-state index contributed by atoms with van der Waals surface area (Å²) in [4.78, 5) is 29.1. The van der Waals surface area contributed by atoms with E-state index in [4.69, 9.17) is 5.26 Å². The molecule has 2 saturated heterocycles. The van der Waals surface area contributed by atoms with Crippen LogP contribution in [0, 0.1) is 22.2 Å². The van der Waals surface area contributed by atoms with Crippen molar-refractivity contribution in [3.8, 4) is 6.07 Å². The number of rotatable bonds is 3. The Kier molecular flexibility index (Phi) is 6.69. The van der Waals surface area contributed by atoms with E-state index in [1.807, 2.05) is 25.7 Å². The fourth-order valence-electron chi connectivity index (χ4n) is 4.94. The van der Waals surface area contributed by atoms with E-state index in [1.54, 1.807) is 24.1 Å². The first-order valence-electron chi connectivity index (χ1n) is 11.2. The summed E-state index contributed by atoms with van der Waals surface area (Å²) in [5, 5.41) is 11.7. The van der Waals surface area contributed by atoms with Crippen molar-refractivity contribution in [1.82, 2.24) is 10.2 Å². The van der Waals surface area contributed by atoms with Crippen LogP contribution >= 0.6 is 0 Å². The Balaban J connectivity index is 1.77. The molecule has 2 aliphatic heterocycles. The SMILES string of the molecule is CNC(=O)C1CC2(CCN(c3ccc(C#N)c(C(F)(F)F)c3)CC2)CN1C(=O)CC(C)(C)C. The van der Waals surface area contributed by atoms with E-state index < -0.39 is 23.3 Å². The summed E-state index contributed by atoms with van der Waals surface area (Å²) in [6, 6.07) is 4.89. The van der Waals surface area contributed by atoms with Gasteiger partial charge in [0, 0.05) is 38.8 Å². The Morgan fingerprint density at radius 1 is 1.21 bits per heavy atom. The van der Waals surface area contributed by atoms with E-state index in [-0.39, 0.29) is 22.6 Å². The van der Waals surface area contributed by atoms with Crippen molar-refractivity contribution in [3.05, 3.63) is 29.3 Å². The molecule has 0 aliphatic carbocycles. The zero-order valence-corrected chi connectivity index (χ0v) is 19.6. The topological polar surface area (TPSA) is 76.4 Å². The number of halogens is 3. The number of piperidine rings is 1. The molecule has 180 valence electrons. The van der Waals surface area contributed by atoms with E-state index >= 15 is 0 Å². The summed E-state index contributed by atoms with van der Waals surface area (Å²) in [6.07, 6.45) is -2.37. The lowest BCUT2D eigenvalue weighted by atomic mass is 9.76. The fraction of sp³-hybridized carbons (Fsp3) is 0.625. The molecule has 1 unspecified atom stereocenters. The highest BCUT2D eigenvalue weighted by Gasteiger charge is 2.49. The van der Waals surface area contributed by atoms with Crippen LogP contribution in [-0.2, 0) is 15.8 Å². The molecule has 1 N–H and O–H groups in total. The van der Waals surface area contributed by atoms with Crippen LogP contribution in [0.3, 0.4) is 0 Å². The molecule has 9 heteroatoms. The number of alkyl halides is 3. The Hall–Kier alpha value is -2.76. The number of likely N-dealkylation sites (N-methyl/N-ethyl adjacent to an activating group) is 1. The second kappa shape index (κ2) is 8.88. The minimum absolute atomic E-state index is 0.0442. The van der Waals surface area contributed by atoms with Gasteiger partial charge in [0.2, 0.25) is 11.8 Å². The molecule has 0 radical (unpaired) electrons. The van der Waals surface area contributed by atoms with Crippen LogP contribution in [0.4, 0.5) is 18.9 Å². The molecule has 1 spiro atoms. The first-order valence-corrected chi connectivity index (χ1v) is 11.2. The fourth-order valence-corrected chi connectivity index (χ4v) is 4.94. The number of carbonyl (C=O) groups excluding carboxylic acids is 2. The maximum Gasteiger partial charge on any atom is 0.417 e. The van der Waals surface area contributed by atoms with Crippen LogP contribution in [0.5, 0.6) is 0 Å². The summed E-state index contributed by atoms with van der Waals surface area (Å²) < 4.78 is 40.1. The molecule has 2 amide bonds. The monoisotopic (exact) mass is 464 g/mol. The highest BCUT2D eigenvalue weighted by atomic mass is 19.4. The molecule has 2 aliphatic rings. The van der Waals surface area contributed by atoms with Crippen molar-refractivity contribution in [3.63, 3.8) is 0 Å². The van der Waals surface area contributed by atoms with Crippen LogP contribution in [0.2, 0.25) is 0 Å². The van der Waals surface area contributed by atoms with Gasteiger partial charge in [-0.25, -0.2) is 0 Å². The Morgan fingerprint density at radius 3 is 2.36 bits per heavy atom. The summed E-state index contributed by atoms with van der Waals surface area (Å²) >= 11 is 0. The van der Waals surface area contributed by atoms with Crippen molar-refractivity contribution >= 4 is 17.5 Å². The van der Waals surface area contributed by atoms with Crippen molar-refractivity contribution in [2.75, 3.05) is 31.6 Å². The van der Waals surface area contributed by atoms with Gasteiger partial charge in [-0.3, -0.25) is 9.59 Å². The summed E-state index contributed by atoms with van der Waals surface area (Å²) in [5.41, 5.74) is -1.33. The minimum Gasteiger partial charge on any atom is -0.371 e. The standard InChI is InChI=1S/C24H31F3N4O2/c1-22(2,3)13-20(32)31-15-23(12-19(31)21(33)29-4)7-9-30(10-8-23)17-6-5-16(14-28)18(11-17)24(25,26)27/h5-6,11,19H,7-10,12-13,15H2,1-4H3,(H,29,33). The van der Waals surface area contributed by atoms with Crippen molar-refractivity contribution in [2.45, 2.75) is 58.7 Å². The summed E-state index contributed by atoms with van der Waals surface area (Å²) in [5.74, 6) is -0.226.